The first-order valence-corrected chi connectivity index (χ1v) is 9.43. The Labute approximate surface area is 164 Å². The van der Waals surface area contributed by atoms with E-state index in [-0.39, 0.29) is 17.9 Å². The molecular weight excluding hydrogens is 364 g/mol. The van der Waals surface area contributed by atoms with Crippen LogP contribution in [0, 0.1) is 0 Å². The quantitative estimate of drug-likeness (QED) is 0.834. The molecule has 0 unspecified atom stereocenters. The van der Waals surface area contributed by atoms with Crippen molar-refractivity contribution >= 4 is 29.1 Å². The lowest BCUT2D eigenvalue weighted by molar-refractivity contribution is 0.0636. The van der Waals surface area contributed by atoms with Crippen LogP contribution < -0.4 is 10.1 Å². The van der Waals surface area contributed by atoms with Crippen LogP contribution >= 0.6 is 11.6 Å². The first-order chi connectivity index (χ1) is 13.0. The van der Waals surface area contributed by atoms with Gasteiger partial charge in [0.05, 0.1) is 18.4 Å². The summed E-state index contributed by atoms with van der Waals surface area (Å²) >= 11 is 6.13. The third-order valence-electron chi connectivity index (χ3n) is 4.88. The molecule has 3 rings (SSSR count). The molecule has 1 N–H and O–H groups in total. The average molecular weight is 387 g/mol. The Hall–Kier alpha value is -2.53. The van der Waals surface area contributed by atoms with Crippen molar-refractivity contribution in [2.75, 3.05) is 19.0 Å². The Morgan fingerprint density at radius 2 is 1.89 bits per heavy atom. The van der Waals surface area contributed by atoms with Gasteiger partial charge in [-0.3, -0.25) is 9.59 Å². The zero-order chi connectivity index (χ0) is 19.4. The molecule has 0 saturated carbocycles. The molecule has 0 aliphatic carbocycles. The summed E-state index contributed by atoms with van der Waals surface area (Å²) in [6, 6.07) is 11.9. The van der Waals surface area contributed by atoms with E-state index < -0.39 is 0 Å². The van der Waals surface area contributed by atoms with Crippen molar-refractivity contribution in [2.24, 2.45) is 0 Å². The van der Waals surface area contributed by atoms with Crippen LogP contribution in [-0.4, -0.2) is 36.4 Å². The number of nitrogens with one attached hydrogen (secondary N) is 1. The van der Waals surface area contributed by atoms with Gasteiger partial charge >= 0.3 is 0 Å². The van der Waals surface area contributed by atoms with Crippen LogP contribution in [0.1, 0.15) is 46.9 Å². The van der Waals surface area contributed by atoms with Gasteiger partial charge < -0.3 is 15.0 Å². The zero-order valence-electron chi connectivity index (χ0n) is 15.5. The monoisotopic (exact) mass is 386 g/mol. The van der Waals surface area contributed by atoms with Crippen molar-refractivity contribution in [3.8, 4) is 5.75 Å². The largest absolute Gasteiger partial charge is 0.497 e. The van der Waals surface area contributed by atoms with Crippen LogP contribution in [0.3, 0.4) is 0 Å². The molecule has 0 radical (unpaired) electrons. The minimum Gasteiger partial charge on any atom is -0.497 e. The van der Waals surface area contributed by atoms with Gasteiger partial charge in [-0.2, -0.15) is 0 Å². The number of likely N-dealkylation sites (tertiary alicyclic amines) is 1. The molecule has 2 aromatic rings. The second kappa shape index (κ2) is 8.44. The fourth-order valence-electron chi connectivity index (χ4n) is 3.29. The molecule has 1 atom stereocenters. The van der Waals surface area contributed by atoms with Gasteiger partial charge in [0.25, 0.3) is 11.8 Å². The molecule has 1 aliphatic rings. The topological polar surface area (TPSA) is 58.6 Å². The Morgan fingerprint density at radius 3 is 2.56 bits per heavy atom. The standard InChI is InChI=1S/C21H23ClN2O3/c1-14-5-3-4-12-24(14)21(26)18-13-16(22)8-11-19(18)23-20(25)15-6-9-17(27-2)10-7-15/h6-11,13-14H,3-5,12H2,1-2H3,(H,23,25)/t14-/m1/s1. The summed E-state index contributed by atoms with van der Waals surface area (Å²) in [5.41, 5.74) is 1.36. The van der Waals surface area contributed by atoms with E-state index in [4.69, 9.17) is 16.3 Å². The van der Waals surface area contributed by atoms with Crippen molar-refractivity contribution in [3.05, 3.63) is 58.6 Å². The molecule has 27 heavy (non-hydrogen) atoms. The van der Waals surface area contributed by atoms with Gasteiger partial charge in [0.15, 0.2) is 0 Å². The second-order valence-corrected chi connectivity index (χ2v) is 7.15. The van der Waals surface area contributed by atoms with E-state index in [1.165, 1.54) is 0 Å². The Balaban J connectivity index is 1.84. The number of carbonyl (C=O) groups excluding carboxylic acids is 2. The summed E-state index contributed by atoms with van der Waals surface area (Å²) in [7, 11) is 1.57. The molecule has 2 aromatic carbocycles. The van der Waals surface area contributed by atoms with Crippen molar-refractivity contribution in [3.63, 3.8) is 0 Å². The summed E-state index contributed by atoms with van der Waals surface area (Å²) < 4.78 is 5.11. The van der Waals surface area contributed by atoms with E-state index in [0.717, 1.165) is 25.8 Å². The fourth-order valence-corrected chi connectivity index (χ4v) is 3.47. The SMILES string of the molecule is COc1ccc(C(=O)Nc2ccc(Cl)cc2C(=O)N2CCCC[C@H]2C)cc1. The third-order valence-corrected chi connectivity index (χ3v) is 5.11. The maximum Gasteiger partial charge on any atom is 0.256 e. The maximum absolute atomic E-state index is 13.1. The van der Waals surface area contributed by atoms with Crippen LogP contribution in [0.5, 0.6) is 5.75 Å². The van der Waals surface area contributed by atoms with E-state index in [2.05, 4.69) is 12.2 Å². The van der Waals surface area contributed by atoms with Gasteiger partial charge in [0, 0.05) is 23.2 Å². The lowest BCUT2D eigenvalue weighted by Crippen LogP contribution is -2.42. The lowest BCUT2D eigenvalue weighted by Gasteiger charge is -2.34. The number of anilines is 1. The number of carbonyl (C=O) groups is 2. The Kier molecular flexibility index (Phi) is 6.01. The molecule has 2 amide bonds. The number of nitrogens with zero attached hydrogens (tertiary/aromatic N) is 1. The summed E-state index contributed by atoms with van der Waals surface area (Å²) in [6.45, 7) is 2.77. The van der Waals surface area contributed by atoms with Gasteiger partial charge in [0.2, 0.25) is 0 Å². The molecule has 142 valence electrons. The first kappa shape index (κ1) is 19.2. The predicted octanol–water partition coefficient (Wildman–Crippen LogP) is 4.62. The highest BCUT2D eigenvalue weighted by Gasteiger charge is 2.26. The van der Waals surface area contributed by atoms with Crippen LogP contribution in [0.15, 0.2) is 42.5 Å². The smallest absolute Gasteiger partial charge is 0.256 e. The van der Waals surface area contributed by atoms with Crippen LogP contribution in [0.25, 0.3) is 0 Å². The van der Waals surface area contributed by atoms with Crippen LogP contribution in [0.4, 0.5) is 5.69 Å². The van der Waals surface area contributed by atoms with Gasteiger partial charge in [-0.1, -0.05) is 11.6 Å². The highest BCUT2D eigenvalue weighted by atomic mass is 35.5. The van der Waals surface area contributed by atoms with Crippen molar-refractivity contribution in [1.29, 1.82) is 0 Å². The number of piperidine rings is 1. The lowest BCUT2D eigenvalue weighted by atomic mass is 10.0. The van der Waals surface area contributed by atoms with E-state index in [0.29, 0.717) is 27.6 Å². The van der Waals surface area contributed by atoms with Crippen molar-refractivity contribution < 1.29 is 14.3 Å². The number of rotatable bonds is 4. The highest BCUT2D eigenvalue weighted by molar-refractivity contribution is 6.31. The second-order valence-electron chi connectivity index (χ2n) is 6.72. The third kappa shape index (κ3) is 4.42. The average Bonchev–Trinajstić information content (AvgIpc) is 2.69. The molecule has 5 nitrogen and oxygen atoms in total. The fraction of sp³-hybridized carbons (Fsp3) is 0.333. The van der Waals surface area contributed by atoms with Crippen LogP contribution in [0.2, 0.25) is 5.02 Å². The number of benzene rings is 2. The molecule has 1 fully saturated rings. The predicted molar refractivity (Wildman–Crippen MR) is 107 cm³/mol. The molecule has 0 bridgehead atoms. The number of methoxy groups -OCH3 is 1. The molecule has 1 heterocycles. The molecule has 1 saturated heterocycles. The Bertz CT molecular complexity index is 836. The maximum atomic E-state index is 13.1. The zero-order valence-corrected chi connectivity index (χ0v) is 16.3. The number of halogens is 1. The Morgan fingerprint density at radius 1 is 1.15 bits per heavy atom. The molecule has 0 aromatic heterocycles. The molecule has 6 heteroatoms. The number of amides is 2. The number of hydrogen-bond acceptors (Lipinski definition) is 3. The summed E-state index contributed by atoms with van der Waals surface area (Å²) in [5, 5.41) is 3.30. The van der Waals surface area contributed by atoms with Gasteiger partial charge in [-0.15, -0.1) is 0 Å². The first-order valence-electron chi connectivity index (χ1n) is 9.05. The summed E-state index contributed by atoms with van der Waals surface area (Å²) in [4.78, 5) is 27.5. The van der Waals surface area contributed by atoms with Gasteiger partial charge in [-0.05, 0) is 68.7 Å². The molecular formula is C21H23ClN2O3. The van der Waals surface area contributed by atoms with E-state index in [1.807, 2.05) is 4.90 Å². The van der Waals surface area contributed by atoms with E-state index in [1.54, 1.807) is 49.6 Å². The highest BCUT2D eigenvalue weighted by Crippen LogP contribution is 2.26. The summed E-state index contributed by atoms with van der Waals surface area (Å²) in [5.74, 6) is 0.281. The van der Waals surface area contributed by atoms with Gasteiger partial charge in [-0.25, -0.2) is 0 Å². The minimum absolute atomic E-state index is 0.102. The summed E-state index contributed by atoms with van der Waals surface area (Å²) in [6.07, 6.45) is 3.10. The normalized spacial score (nSPS) is 16.7. The number of hydrogen-bond donors (Lipinski definition) is 1. The molecule has 0 spiro atoms. The molecule has 1 aliphatic heterocycles. The number of ether oxygens (including phenoxy) is 1. The van der Waals surface area contributed by atoms with Crippen LogP contribution in [-0.2, 0) is 0 Å². The minimum atomic E-state index is -0.291. The van der Waals surface area contributed by atoms with Crippen molar-refractivity contribution in [1.82, 2.24) is 4.90 Å². The van der Waals surface area contributed by atoms with E-state index >= 15 is 0 Å². The van der Waals surface area contributed by atoms with E-state index in [9.17, 15) is 9.59 Å². The van der Waals surface area contributed by atoms with Crippen molar-refractivity contribution in [2.45, 2.75) is 32.2 Å². The van der Waals surface area contributed by atoms with Gasteiger partial charge in [0.1, 0.15) is 5.75 Å².